The molecule has 0 aliphatic heterocycles. The molecule has 0 aliphatic rings. The average Bonchev–Trinajstić information content (AvgIpc) is 2.34. The zero-order valence-electron chi connectivity index (χ0n) is 10.00. The molecule has 0 unspecified atom stereocenters. The van der Waals surface area contributed by atoms with Crippen LogP contribution >= 0.6 is 0 Å². The number of aryl methyl sites for hydroxylation is 1. The Hall–Kier alpha value is -1.30. The second kappa shape index (κ2) is 5.69. The van der Waals surface area contributed by atoms with Gasteiger partial charge >= 0.3 is 0 Å². The van der Waals surface area contributed by atoms with E-state index in [2.05, 4.69) is 49.4 Å². The molecular weight excluding hydrogens is 192 g/mol. The third kappa shape index (κ3) is 2.85. The van der Waals surface area contributed by atoms with E-state index in [0.717, 1.165) is 0 Å². The largest absolute Gasteiger partial charge is 0.0654 e. The van der Waals surface area contributed by atoms with Crippen molar-refractivity contribution in [3.05, 3.63) is 48.0 Å². The summed E-state index contributed by atoms with van der Waals surface area (Å²) in [4.78, 5) is 0. The number of hydrogen-bond acceptors (Lipinski definition) is 0. The van der Waals surface area contributed by atoms with Crippen LogP contribution in [-0.4, -0.2) is 0 Å². The van der Waals surface area contributed by atoms with Gasteiger partial charge in [0.05, 0.1) is 0 Å². The molecule has 83 valence electrons. The highest BCUT2D eigenvalue weighted by Crippen LogP contribution is 2.16. The predicted octanol–water partition coefficient (Wildman–Crippen LogP) is 4.76. The third-order valence-electron chi connectivity index (χ3n) is 3.02. The molecule has 0 bridgehead atoms. The molecule has 16 heavy (non-hydrogen) atoms. The highest BCUT2D eigenvalue weighted by Gasteiger charge is 1.96. The Morgan fingerprint density at radius 1 is 0.938 bits per heavy atom. The quantitative estimate of drug-likeness (QED) is 0.625. The van der Waals surface area contributed by atoms with E-state index in [1.165, 1.54) is 48.4 Å². The first-order valence-electron chi connectivity index (χ1n) is 6.30. The van der Waals surface area contributed by atoms with Gasteiger partial charge in [0.25, 0.3) is 0 Å². The normalized spacial score (nSPS) is 10.8. The lowest BCUT2D eigenvalue weighted by atomic mass is 10.0. The molecule has 0 atom stereocenters. The second-order valence-electron chi connectivity index (χ2n) is 4.38. The van der Waals surface area contributed by atoms with Crippen molar-refractivity contribution in [3.63, 3.8) is 0 Å². The monoisotopic (exact) mass is 211 g/mol. The van der Waals surface area contributed by atoms with Gasteiger partial charge in [-0.2, -0.15) is 0 Å². The van der Waals surface area contributed by atoms with Crippen molar-refractivity contribution >= 4 is 10.8 Å². The van der Waals surface area contributed by atoms with E-state index in [1.807, 2.05) is 0 Å². The second-order valence-corrected chi connectivity index (χ2v) is 4.38. The molecule has 0 spiro atoms. The van der Waals surface area contributed by atoms with Gasteiger partial charge in [-0.05, 0) is 35.2 Å². The molecule has 0 fully saturated rings. The van der Waals surface area contributed by atoms with Gasteiger partial charge in [-0.1, -0.05) is 62.6 Å². The van der Waals surface area contributed by atoms with Crippen molar-refractivity contribution < 1.29 is 0 Å². The fourth-order valence-corrected chi connectivity index (χ4v) is 2.05. The highest BCUT2D eigenvalue weighted by molar-refractivity contribution is 5.82. The SMILES string of the molecule is CCCCCCc1[c]c2ccccc2cc1. The molecule has 0 saturated heterocycles. The lowest BCUT2D eigenvalue weighted by Gasteiger charge is -2.03. The number of unbranched alkanes of at least 4 members (excludes halogenated alkanes) is 3. The van der Waals surface area contributed by atoms with Crippen molar-refractivity contribution in [2.24, 2.45) is 0 Å². The maximum absolute atomic E-state index is 3.50. The Bertz CT molecular complexity index is 442. The highest BCUT2D eigenvalue weighted by atomic mass is 14.0. The van der Waals surface area contributed by atoms with Crippen LogP contribution in [0.4, 0.5) is 0 Å². The summed E-state index contributed by atoms with van der Waals surface area (Å²) in [5.41, 5.74) is 1.36. The molecule has 1 radical (unpaired) electrons. The van der Waals surface area contributed by atoms with Gasteiger partial charge < -0.3 is 0 Å². The smallest absolute Gasteiger partial charge is 0.00643 e. The van der Waals surface area contributed by atoms with Gasteiger partial charge in [-0.3, -0.25) is 0 Å². The minimum absolute atomic E-state index is 1.17. The molecule has 2 aromatic carbocycles. The lowest BCUT2D eigenvalue weighted by Crippen LogP contribution is -1.86. The van der Waals surface area contributed by atoms with Gasteiger partial charge in [0.1, 0.15) is 0 Å². The van der Waals surface area contributed by atoms with Crippen LogP contribution in [-0.2, 0) is 6.42 Å². The number of rotatable bonds is 5. The molecular formula is C16H19. The predicted molar refractivity (Wildman–Crippen MR) is 70.6 cm³/mol. The first kappa shape index (κ1) is 11.2. The molecule has 2 rings (SSSR count). The standard InChI is InChI=1S/C16H19/c1-2-3-4-5-8-14-11-12-15-9-6-7-10-16(15)13-14/h6-7,9-12H,2-5,8H2,1H3. The summed E-state index contributed by atoms with van der Waals surface area (Å²) in [5, 5.41) is 2.54. The molecule has 0 amide bonds. The summed E-state index contributed by atoms with van der Waals surface area (Å²) < 4.78 is 0. The van der Waals surface area contributed by atoms with E-state index in [-0.39, 0.29) is 0 Å². The molecule has 0 heterocycles. The molecule has 0 nitrogen and oxygen atoms in total. The molecule has 0 saturated carbocycles. The topological polar surface area (TPSA) is 0 Å². The Morgan fingerprint density at radius 2 is 1.81 bits per heavy atom. The van der Waals surface area contributed by atoms with E-state index in [4.69, 9.17) is 0 Å². The number of hydrogen-bond donors (Lipinski definition) is 0. The maximum Gasteiger partial charge on any atom is -0.00643 e. The lowest BCUT2D eigenvalue weighted by molar-refractivity contribution is 0.667. The van der Waals surface area contributed by atoms with Crippen LogP contribution in [0.25, 0.3) is 10.8 Å². The summed E-state index contributed by atoms with van der Waals surface area (Å²) >= 11 is 0. The minimum atomic E-state index is 1.17. The Kier molecular flexibility index (Phi) is 3.98. The minimum Gasteiger partial charge on any atom is -0.0654 e. The molecule has 0 aromatic heterocycles. The Balaban J connectivity index is 2.02. The Morgan fingerprint density at radius 3 is 2.69 bits per heavy atom. The van der Waals surface area contributed by atoms with Gasteiger partial charge in [0.15, 0.2) is 0 Å². The summed E-state index contributed by atoms with van der Waals surface area (Å²) in [6.07, 6.45) is 6.47. The van der Waals surface area contributed by atoms with E-state index >= 15 is 0 Å². The fraction of sp³-hybridized carbons (Fsp3) is 0.375. The van der Waals surface area contributed by atoms with E-state index in [1.54, 1.807) is 0 Å². The molecule has 0 N–H and O–H groups in total. The zero-order chi connectivity index (χ0) is 11.2. The van der Waals surface area contributed by atoms with Crippen molar-refractivity contribution in [2.75, 3.05) is 0 Å². The van der Waals surface area contributed by atoms with Crippen molar-refractivity contribution in [1.82, 2.24) is 0 Å². The Labute approximate surface area is 98.3 Å². The van der Waals surface area contributed by atoms with E-state index in [9.17, 15) is 0 Å². The average molecular weight is 211 g/mol. The molecule has 0 heteroatoms. The fourth-order valence-electron chi connectivity index (χ4n) is 2.05. The van der Waals surface area contributed by atoms with Crippen molar-refractivity contribution in [1.29, 1.82) is 0 Å². The van der Waals surface area contributed by atoms with E-state index in [0.29, 0.717) is 0 Å². The van der Waals surface area contributed by atoms with Crippen molar-refractivity contribution in [3.8, 4) is 0 Å². The summed E-state index contributed by atoms with van der Waals surface area (Å²) in [6.45, 7) is 2.25. The number of benzene rings is 2. The van der Waals surface area contributed by atoms with Crippen LogP contribution < -0.4 is 0 Å². The van der Waals surface area contributed by atoms with Gasteiger partial charge in [-0.25, -0.2) is 0 Å². The van der Waals surface area contributed by atoms with Gasteiger partial charge in [0.2, 0.25) is 0 Å². The maximum atomic E-state index is 3.50. The van der Waals surface area contributed by atoms with Crippen LogP contribution in [0.3, 0.4) is 0 Å². The molecule has 2 aromatic rings. The first-order valence-corrected chi connectivity index (χ1v) is 6.30. The van der Waals surface area contributed by atoms with Gasteiger partial charge in [-0.15, -0.1) is 0 Å². The van der Waals surface area contributed by atoms with Gasteiger partial charge in [0, 0.05) is 0 Å². The van der Waals surface area contributed by atoms with E-state index < -0.39 is 0 Å². The van der Waals surface area contributed by atoms with Crippen LogP contribution in [0.2, 0.25) is 0 Å². The van der Waals surface area contributed by atoms with Crippen LogP contribution in [0, 0.1) is 6.07 Å². The van der Waals surface area contributed by atoms with Crippen LogP contribution in [0.1, 0.15) is 38.2 Å². The molecule has 0 aliphatic carbocycles. The summed E-state index contributed by atoms with van der Waals surface area (Å²) in [7, 11) is 0. The number of fused-ring (bicyclic) bond motifs is 1. The summed E-state index contributed by atoms with van der Waals surface area (Å²) in [6, 6.07) is 16.4. The third-order valence-corrected chi connectivity index (χ3v) is 3.02. The van der Waals surface area contributed by atoms with Crippen LogP contribution in [0.15, 0.2) is 36.4 Å². The van der Waals surface area contributed by atoms with Crippen LogP contribution in [0.5, 0.6) is 0 Å². The first-order chi connectivity index (χ1) is 7.90. The summed E-state index contributed by atoms with van der Waals surface area (Å²) in [5.74, 6) is 0. The zero-order valence-corrected chi connectivity index (χ0v) is 10.00. The van der Waals surface area contributed by atoms with Crippen molar-refractivity contribution in [2.45, 2.75) is 39.0 Å².